The summed E-state index contributed by atoms with van der Waals surface area (Å²) in [6, 6.07) is 5.39. The molecule has 0 saturated heterocycles. The van der Waals surface area contributed by atoms with E-state index in [1.807, 2.05) is 12.3 Å². The van der Waals surface area contributed by atoms with Crippen molar-refractivity contribution < 1.29 is 0 Å². The SMILES string of the molecule is S=c1[nH]nc(Cn2cc(Cl)cn2)n1-c1cnn(Cc2ccc(Cl)cc2Cl)c1. The normalized spacial score (nSPS) is 11.2. The van der Waals surface area contributed by atoms with Gasteiger partial charge < -0.3 is 0 Å². The lowest BCUT2D eigenvalue weighted by Gasteiger charge is -2.06. The Morgan fingerprint density at radius 2 is 1.74 bits per heavy atom. The minimum Gasteiger partial charge on any atom is -0.267 e. The summed E-state index contributed by atoms with van der Waals surface area (Å²) in [7, 11) is 0. The van der Waals surface area contributed by atoms with Gasteiger partial charge in [-0.2, -0.15) is 15.3 Å². The highest BCUT2D eigenvalue weighted by molar-refractivity contribution is 7.71. The second-order valence-electron chi connectivity index (χ2n) is 5.77. The van der Waals surface area contributed by atoms with E-state index in [2.05, 4.69) is 20.4 Å². The van der Waals surface area contributed by atoms with Gasteiger partial charge >= 0.3 is 0 Å². The lowest BCUT2D eigenvalue weighted by Crippen LogP contribution is -2.08. The van der Waals surface area contributed by atoms with Crippen LogP contribution in [-0.2, 0) is 13.1 Å². The van der Waals surface area contributed by atoms with Gasteiger partial charge in [-0.3, -0.25) is 19.0 Å². The summed E-state index contributed by atoms with van der Waals surface area (Å²) >= 11 is 23.5. The van der Waals surface area contributed by atoms with Gasteiger partial charge in [0, 0.05) is 22.4 Å². The molecule has 1 aromatic carbocycles. The highest BCUT2D eigenvalue weighted by Gasteiger charge is 2.12. The van der Waals surface area contributed by atoms with Crippen molar-refractivity contribution in [2.24, 2.45) is 0 Å². The van der Waals surface area contributed by atoms with Crippen LogP contribution < -0.4 is 0 Å². The van der Waals surface area contributed by atoms with Crippen molar-refractivity contribution in [3.05, 3.63) is 74.2 Å². The second-order valence-corrected chi connectivity index (χ2v) is 7.44. The Morgan fingerprint density at radius 1 is 0.963 bits per heavy atom. The molecule has 0 saturated carbocycles. The Balaban J connectivity index is 1.61. The van der Waals surface area contributed by atoms with Crippen LogP contribution in [0.3, 0.4) is 0 Å². The molecule has 3 aromatic heterocycles. The van der Waals surface area contributed by atoms with E-state index in [1.54, 1.807) is 44.7 Å². The summed E-state index contributed by atoms with van der Waals surface area (Å²) in [6.07, 6.45) is 6.88. The first-order valence-electron chi connectivity index (χ1n) is 7.80. The predicted molar refractivity (Wildman–Crippen MR) is 106 cm³/mol. The molecule has 4 rings (SSSR count). The fraction of sp³-hybridized carbons (Fsp3) is 0.125. The number of nitrogens with one attached hydrogen (secondary N) is 1. The fourth-order valence-electron chi connectivity index (χ4n) is 2.65. The molecule has 0 aliphatic heterocycles. The minimum absolute atomic E-state index is 0.411. The van der Waals surface area contributed by atoms with E-state index < -0.39 is 0 Å². The number of H-pyrrole nitrogens is 1. The molecule has 0 radical (unpaired) electrons. The van der Waals surface area contributed by atoms with Gasteiger partial charge in [0.1, 0.15) is 6.54 Å². The minimum atomic E-state index is 0.411. The van der Waals surface area contributed by atoms with Gasteiger partial charge in [-0.1, -0.05) is 40.9 Å². The van der Waals surface area contributed by atoms with Crippen molar-refractivity contribution in [1.82, 2.24) is 34.3 Å². The number of nitrogens with zero attached hydrogens (tertiary/aromatic N) is 6. The maximum absolute atomic E-state index is 6.25. The van der Waals surface area contributed by atoms with Gasteiger partial charge in [0.15, 0.2) is 10.6 Å². The third kappa shape index (κ3) is 3.93. The summed E-state index contributed by atoms with van der Waals surface area (Å²) < 4.78 is 5.72. The van der Waals surface area contributed by atoms with E-state index in [4.69, 9.17) is 47.0 Å². The number of rotatable bonds is 5. The molecule has 0 atom stereocenters. The van der Waals surface area contributed by atoms with E-state index in [0.717, 1.165) is 11.3 Å². The molecule has 0 fully saturated rings. The molecule has 0 spiro atoms. The molecular formula is C16H12Cl3N7S. The first-order valence-corrected chi connectivity index (χ1v) is 9.35. The van der Waals surface area contributed by atoms with Gasteiger partial charge in [-0.25, -0.2) is 0 Å². The lowest BCUT2D eigenvalue weighted by molar-refractivity contribution is 0.643. The molecule has 0 unspecified atom stereocenters. The zero-order valence-electron chi connectivity index (χ0n) is 13.7. The topological polar surface area (TPSA) is 69.2 Å². The zero-order chi connectivity index (χ0) is 19.0. The molecule has 0 aliphatic rings. The Kier molecular flexibility index (Phi) is 5.05. The molecule has 0 aliphatic carbocycles. The highest BCUT2D eigenvalue weighted by atomic mass is 35.5. The van der Waals surface area contributed by atoms with Crippen molar-refractivity contribution in [3.8, 4) is 5.69 Å². The highest BCUT2D eigenvalue weighted by Crippen LogP contribution is 2.22. The van der Waals surface area contributed by atoms with Gasteiger partial charge in [0.05, 0.1) is 29.6 Å². The average molecular weight is 441 g/mol. The molecule has 1 N–H and O–H groups in total. The summed E-state index contributed by atoms with van der Waals surface area (Å²) in [5.41, 5.74) is 1.70. The van der Waals surface area contributed by atoms with E-state index in [0.29, 0.717) is 38.8 Å². The average Bonchev–Trinajstić information content (AvgIpc) is 3.32. The lowest BCUT2D eigenvalue weighted by atomic mass is 10.2. The summed E-state index contributed by atoms with van der Waals surface area (Å²) in [6.45, 7) is 0.916. The van der Waals surface area contributed by atoms with Crippen LogP contribution in [0.2, 0.25) is 15.1 Å². The first-order chi connectivity index (χ1) is 13.0. The smallest absolute Gasteiger partial charge is 0.200 e. The molecule has 0 bridgehead atoms. The molecule has 4 aromatic rings. The van der Waals surface area contributed by atoms with Crippen molar-refractivity contribution in [2.75, 3.05) is 0 Å². The van der Waals surface area contributed by atoms with Crippen LogP contribution in [-0.4, -0.2) is 34.3 Å². The van der Waals surface area contributed by atoms with Gasteiger partial charge in [0.2, 0.25) is 0 Å². The molecule has 0 amide bonds. The monoisotopic (exact) mass is 439 g/mol. The van der Waals surface area contributed by atoms with Gasteiger partial charge in [0.25, 0.3) is 0 Å². The molecule has 7 nitrogen and oxygen atoms in total. The van der Waals surface area contributed by atoms with Crippen molar-refractivity contribution in [2.45, 2.75) is 13.1 Å². The van der Waals surface area contributed by atoms with Crippen LogP contribution >= 0.6 is 47.0 Å². The quantitative estimate of drug-likeness (QED) is 0.468. The standard InChI is InChI=1S/C16H12Cl3N7S/c17-11-2-1-10(14(19)3-11)6-24-8-13(5-21-24)26-15(22-23-16(26)27)9-25-7-12(18)4-20-25/h1-5,7-8H,6,9H2,(H,23,27). The van der Waals surface area contributed by atoms with E-state index >= 15 is 0 Å². The summed E-state index contributed by atoms with van der Waals surface area (Å²) in [5, 5.41) is 17.4. The molecule has 138 valence electrons. The van der Waals surface area contributed by atoms with Crippen molar-refractivity contribution in [1.29, 1.82) is 0 Å². The third-order valence-electron chi connectivity index (χ3n) is 3.87. The van der Waals surface area contributed by atoms with Crippen LogP contribution in [0.25, 0.3) is 5.69 Å². The number of aromatic amines is 1. The first kappa shape index (κ1) is 18.2. The van der Waals surface area contributed by atoms with Crippen LogP contribution in [0.4, 0.5) is 0 Å². The van der Waals surface area contributed by atoms with Crippen LogP contribution in [0.15, 0.2) is 43.0 Å². The zero-order valence-corrected chi connectivity index (χ0v) is 16.8. The Hall–Kier alpha value is -2.13. The Labute approximate surface area is 174 Å². The van der Waals surface area contributed by atoms with E-state index in [1.165, 1.54) is 0 Å². The number of hydrogen-bond acceptors (Lipinski definition) is 4. The van der Waals surface area contributed by atoms with Gasteiger partial charge in [-0.05, 0) is 29.9 Å². The maximum atomic E-state index is 6.25. The van der Waals surface area contributed by atoms with Crippen LogP contribution in [0, 0.1) is 4.77 Å². The van der Waals surface area contributed by atoms with Crippen LogP contribution in [0.5, 0.6) is 0 Å². The Morgan fingerprint density at radius 3 is 2.48 bits per heavy atom. The fourth-order valence-corrected chi connectivity index (χ4v) is 3.53. The van der Waals surface area contributed by atoms with Crippen molar-refractivity contribution >= 4 is 47.0 Å². The number of aromatic nitrogens is 7. The molecule has 3 heterocycles. The third-order valence-corrected chi connectivity index (χ3v) is 4.93. The number of hydrogen-bond donors (Lipinski definition) is 1. The second kappa shape index (κ2) is 7.47. The van der Waals surface area contributed by atoms with Crippen LogP contribution in [0.1, 0.15) is 11.4 Å². The molecular weight excluding hydrogens is 429 g/mol. The van der Waals surface area contributed by atoms with Gasteiger partial charge in [-0.15, -0.1) is 0 Å². The van der Waals surface area contributed by atoms with E-state index in [-0.39, 0.29) is 0 Å². The molecule has 27 heavy (non-hydrogen) atoms. The van der Waals surface area contributed by atoms with Crippen molar-refractivity contribution in [3.63, 3.8) is 0 Å². The largest absolute Gasteiger partial charge is 0.267 e. The van der Waals surface area contributed by atoms with E-state index in [9.17, 15) is 0 Å². The number of halogens is 3. The Bertz CT molecular complexity index is 1160. The number of benzene rings is 1. The predicted octanol–water partition coefficient (Wildman–Crippen LogP) is 4.38. The molecule has 11 heteroatoms. The summed E-state index contributed by atoms with van der Waals surface area (Å²) in [5.74, 6) is 0.684. The maximum Gasteiger partial charge on any atom is 0.200 e. The summed E-state index contributed by atoms with van der Waals surface area (Å²) in [4.78, 5) is 0.